The second kappa shape index (κ2) is 11.6. The van der Waals surface area contributed by atoms with Crippen LogP contribution in [0, 0.1) is 70.0 Å². The molecule has 266 valence electrons. The molecule has 1 spiro atoms. The van der Waals surface area contributed by atoms with Gasteiger partial charge in [0.05, 0.1) is 12.2 Å². The molecule has 4 saturated heterocycles. The highest BCUT2D eigenvalue weighted by atomic mass is 17.3. The summed E-state index contributed by atoms with van der Waals surface area (Å²) in [6.45, 7) is 13.9. The first kappa shape index (κ1) is 33.4. The van der Waals surface area contributed by atoms with Gasteiger partial charge >= 0.3 is 5.97 Å². The summed E-state index contributed by atoms with van der Waals surface area (Å²) in [6, 6.07) is 0. The van der Waals surface area contributed by atoms with Crippen LogP contribution in [0.1, 0.15) is 131 Å². The number of aliphatic carboxylic acids is 1. The van der Waals surface area contributed by atoms with Crippen molar-refractivity contribution in [3.63, 3.8) is 0 Å². The Hall–Kier alpha value is -0.770. The van der Waals surface area contributed by atoms with E-state index in [9.17, 15) is 15.0 Å². The van der Waals surface area contributed by atoms with Gasteiger partial charge in [-0.05, 0) is 142 Å². The Morgan fingerprint density at radius 2 is 1.60 bits per heavy atom. The van der Waals surface area contributed by atoms with Crippen LogP contribution in [0.15, 0.2) is 0 Å². The average molecular weight is 659 g/mol. The molecule has 5 saturated carbocycles. The molecular formula is C39H62O8. The van der Waals surface area contributed by atoms with E-state index in [2.05, 4.69) is 34.6 Å². The van der Waals surface area contributed by atoms with Crippen LogP contribution in [-0.4, -0.2) is 52.4 Å². The molecule has 0 radical (unpaired) electrons. The van der Waals surface area contributed by atoms with Crippen molar-refractivity contribution in [2.45, 2.75) is 168 Å². The number of rotatable bonds is 6. The maximum absolute atomic E-state index is 11.9. The van der Waals surface area contributed by atoms with Crippen molar-refractivity contribution in [3.05, 3.63) is 0 Å². The maximum atomic E-state index is 11.9. The second-order valence-corrected chi connectivity index (χ2v) is 18.7. The Balaban J connectivity index is 0.961. The fraction of sp³-hybridized carbons (Fsp3) is 0.974. The number of fused-ring (bicyclic) bond motifs is 7. The molecule has 18 atom stereocenters. The molecule has 0 aromatic rings. The van der Waals surface area contributed by atoms with Crippen LogP contribution in [0.2, 0.25) is 0 Å². The smallest absolute Gasteiger partial charge is 0.303 e. The maximum Gasteiger partial charge on any atom is 0.303 e. The van der Waals surface area contributed by atoms with Gasteiger partial charge in [0.15, 0.2) is 18.2 Å². The summed E-state index contributed by atoms with van der Waals surface area (Å²) in [6.07, 6.45) is 12.9. The van der Waals surface area contributed by atoms with E-state index < -0.39 is 23.6 Å². The van der Waals surface area contributed by atoms with Crippen molar-refractivity contribution >= 4 is 5.97 Å². The third-order valence-corrected chi connectivity index (χ3v) is 16.6. The minimum absolute atomic E-state index is 0.118. The van der Waals surface area contributed by atoms with Gasteiger partial charge in [-0.1, -0.05) is 34.6 Å². The van der Waals surface area contributed by atoms with Gasteiger partial charge in [0, 0.05) is 24.7 Å². The molecule has 8 nitrogen and oxygen atoms in total. The first-order valence-corrected chi connectivity index (χ1v) is 19.5. The fourth-order valence-corrected chi connectivity index (χ4v) is 14.1. The molecule has 8 heteroatoms. The third-order valence-electron chi connectivity index (χ3n) is 16.6. The minimum Gasteiger partial charge on any atom is -0.481 e. The molecule has 9 fully saturated rings. The summed E-state index contributed by atoms with van der Waals surface area (Å²) in [5, 5.41) is 21.3. The van der Waals surface area contributed by atoms with Crippen LogP contribution >= 0.6 is 0 Å². The van der Waals surface area contributed by atoms with Gasteiger partial charge in [0.2, 0.25) is 5.79 Å². The zero-order valence-corrected chi connectivity index (χ0v) is 29.8. The van der Waals surface area contributed by atoms with Crippen molar-refractivity contribution in [2.75, 3.05) is 0 Å². The molecule has 9 rings (SSSR count). The lowest BCUT2D eigenvalue weighted by atomic mass is 9.43. The molecule has 2 N–H and O–H groups in total. The summed E-state index contributed by atoms with van der Waals surface area (Å²) in [7, 11) is 0. The van der Waals surface area contributed by atoms with Gasteiger partial charge < -0.3 is 24.4 Å². The molecule has 0 amide bonds. The van der Waals surface area contributed by atoms with Crippen molar-refractivity contribution in [1.29, 1.82) is 0 Å². The van der Waals surface area contributed by atoms with Crippen molar-refractivity contribution in [1.82, 2.24) is 0 Å². The van der Waals surface area contributed by atoms with Gasteiger partial charge in [-0.3, -0.25) is 4.79 Å². The van der Waals surface area contributed by atoms with Crippen LogP contribution in [-0.2, 0) is 28.8 Å². The Morgan fingerprint density at radius 3 is 2.38 bits per heavy atom. The lowest BCUT2D eigenvalue weighted by Gasteiger charge is -2.63. The number of aliphatic hydroxyl groups excluding tert-OH is 1. The number of hydrogen-bond donors (Lipinski definition) is 2. The van der Waals surface area contributed by atoms with Gasteiger partial charge in [-0.15, -0.1) is 0 Å². The Bertz CT molecular complexity index is 1210. The number of carboxylic acids is 1. The molecule has 2 bridgehead atoms. The van der Waals surface area contributed by atoms with Gasteiger partial charge in [0.25, 0.3) is 0 Å². The summed E-state index contributed by atoms with van der Waals surface area (Å²) < 4.78 is 20.4. The topological polar surface area (TPSA) is 104 Å². The van der Waals surface area contributed by atoms with Crippen molar-refractivity contribution in [2.24, 2.45) is 70.0 Å². The Kier molecular flexibility index (Phi) is 8.26. The molecule has 4 aliphatic heterocycles. The third kappa shape index (κ3) is 4.98. The number of hydrogen-bond acceptors (Lipinski definition) is 7. The molecule has 0 aromatic heterocycles. The molecule has 9 unspecified atom stereocenters. The Morgan fingerprint density at radius 1 is 0.872 bits per heavy atom. The minimum atomic E-state index is -0.782. The van der Waals surface area contributed by atoms with E-state index in [0.29, 0.717) is 47.3 Å². The van der Waals surface area contributed by atoms with E-state index in [0.717, 1.165) is 51.4 Å². The second-order valence-electron chi connectivity index (χ2n) is 18.7. The van der Waals surface area contributed by atoms with Crippen LogP contribution in [0.3, 0.4) is 0 Å². The monoisotopic (exact) mass is 658 g/mol. The SMILES string of the molecule is C[C@H]1C(O[C@@H]2CC[C@@]3(C)C(C2)C[C@@H](O)C2C3CC[C@@]3(C)C2CC[C@@H]3[C@H](C)CCC(=O)O)OC2OC3(C)CCC4[C@H](C)CCC1[C@@]24OO3. The van der Waals surface area contributed by atoms with Crippen LogP contribution in [0.4, 0.5) is 0 Å². The van der Waals surface area contributed by atoms with Gasteiger partial charge in [-0.2, -0.15) is 0 Å². The van der Waals surface area contributed by atoms with E-state index in [4.69, 9.17) is 24.0 Å². The average Bonchev–Trinajstić information content (AvgIpc) is 3.22. The lowest BCUT2D eigenvalue weighted by Crippen LogP contribution is -2.70. The highest BCUT2D eigenvalue weighted by molar-refractivity contribution is 5.66. The fourth-order valence-electron chi connectivity index (χ4n) is 14.1. The predicted octanol–water partition coefficient (Wildman–Crippen LogP) is 7.71. The molecule has 5 aliphatic carbocycles. The van der Waals surface area contributed by atoms with Crippen LogP contribution in [0.25, 0.3) is 0 Å². The van der Waals surface area contributed by atoms with E-state index in [1.54, 1.807) is 0 Å². The molecule has 4 heterocycles. The zero-order chi connectivity index (χ0) is 33.1. The summed E-state index contributed by atoms with van der Waals surface area (Å²) in [4.78, 5) is 23.7. The zero-order valence-electron chi connectivity index (χ0n) is 29.8. The standard InChI is InChI=1S/C39H62O8/c1-21(8-12-32(41)42)26-10-11-29-33-30(14-17-37(26,29)5)36(4)16-13-25(19-24(36)20-31(33)40)43-34-23(3)28-9-7-22(2)27-15-18-38(6)45-35(44-34)39(27,28)47-46-38/h21-31,33-35,40H,7-20H2,1-6H3,(H,41,42)/t21-,22-,23-,24?,25-,26-,27?,28?,29?,30?,31-,33?,34?,35?,36+,37-,38?,39-/m1/s1. The van der Waals surface area contributed by atoms with Crippen molar-refractivity contribution in [3.8, 4) is 0 Å². The quantitative estimate of drug-likeness (QED) is 0.221. The molecular weight excluding hydrogens is 596 g/mol. The summed E-state index contributed by atoms with van der Waals surface area (Å²) >= 11 is 0. The molecule has 0 aromatic carbocycles. The summed E-state index contributed by atoms with van der Waals surface area (Å²) in [5.74, 6) is 2.72. The number of ether oxygens (including phenoxy) is 3. The lowest BCUT2D eigenvalue weighted by molar-refractivity contribution is -0.578. The number of aliphatic hydroxyl groups is 1. The molecule has 9 aliphatic rings. The van der Waals surface area contributed by atoms with Crippen LogP contribution < -0.4 is 0 Å². The highest BCUT2D eigenvalue weighted by Gasteiger charge is 2.70. The first-order valence-electron chi connectivity index (χ1n) is 19.5. The highest BCUT2D eigenvalue weighted by Crippen LogP contribution is 2.69. The van der Waals surface area contributed by atoms with E-state index in [-0.39, 0.29) is 47.6 Å². The normalized spacial score (nSPS) is 57.2. The number of carboxylic acid groups (broad SMARTS) is 1. The van der Waals surface area contributed by atoms with Gasteiger partial charge in [0.1, 0.15) is 0 Å². The van der Waals surface area contributed by atoms with Gasteiger partial charge in [-0.25, -0.2) is 9.78 Å². The first-order chi connectivity index (χ1) is 22.3. The van der Waals surface area contributed by atoms with Crippen LogP contribution in [0.5, 0.6) is 0 Å². The Labute approximate surface area is 282 Å². The van der Waals surface area contributed by atoms with E-state index >= 15 is 0 Å². The predicted molar refractivity (Wildman–Crippen MR) is 174 cm³/mol. The number of carbonyl (C=O) groups is 1. The molecule has 47 heavy (non-hydrogen) atoms. The van der Waals surface area contributed by atoms with Crippen molar-refractivity contribution < 1.29 is 39.0 Å². The van der Waals surface area contributed by atoms with E-state index in [1.807, 2.05) is 6.92 Å². The summed E-state index contributed by atoms with van der Waals surface area (Å²) in [5.41, 5.74) is -0.142. The van der Waals surface area contributed by atoms with E-state index in [1.165, 1.54) is 32.1 Å². The largest absolute Gasteiger partial charge is 0.481 e.